The molecule has 17 heavy (non-hydrogen) atoms. The molecule has 1 rings (SSSR count). The number of halogens is 1. The van der Waals surface area contributed by atoms with E-state index in [4.69, 9.17) is 0 Å². The fourth-order valence-electron chi connectivity index (χ4n) is 2.11. The lowest BCUT2D eigenvalue weighted by Gasteiger charge is -2.24. The molecule has 96 valence electrons. The highest BCUT2D eigenvalue weighted by Gasteiger charge is 2.25. The Morgan fingerprint density at radius 2 is 1.76 bits per heavy atom. The van der Waals surface area contributed by atoms with Gasteiger partial charge in [0.2, 0.25) is 0 Å². The fraction of sp³-hybridized carbons (Fsp3) is 0.600. The Balaban J connectivity index is 2.48. The number of hydrogen-bond donors (Lipinski definition) is 1. The minimum absolute atomic E-state index is 0.314. The lowest BCUT2D eigenvalue weighted by Crippen LogP contribution is -2.22. The number of unbranched alkanes of at least 4 members (excludes halogenated alkanes) is 4. The standard InChI is InChI=1S/C15H23FO/c1-3-4-5-6-9-12-15(2,17)13-10-7-8-11-14(13)16/h7-8,10-11,17H,3-6,9,12H2,1-2H3. The first-order valence-corrected chi connectivity index (χ1v) is 6.55. The van der Waals surface area contributed by atoms with Gasteiger partial charge in [-0.05, 0) is 19.4 Å². The average Bonchev–Trinajstić information content (AvgIpc) is 2.29. The largest absolute Gasteiger partial charge is 0.385 e. The van der Waals surface area contributed by atoms with Gasteiger partial charge in [0, 0.05) is 5.56 Å². The Morgan fingerprint density at radius 3 is 2.41 bits per heavy atom. The first-order chi connectivity index (χ1) is 8.08. The Morgan fingerprint density at radius 1 is 1.12 bits per heavy atom. The summed E-state index contributed by atoms with van der Waals surface area (Å²) in [5.74, 6) is -0.314. The smallest absolute Gasteiger partial charge is 0.129 e. The summed E-state index contributed by atoms with van der Waals surface area (Å²) < 4.78 is 13.6. The van der Waals surface area contributed by atoms with Crippen LogP contribution >= 0.6 is 0 Å². The second-order valence-electron chi connectivity index (χ2n) is 4.92. The topological polar surface area (TPSA) is 20.2 Å². The average molecular weight is 238 g/mol. The molecule has 0 aromatic heterocycles. The maximum atomic E-state index is 13.6. The van der Waals surface area contributed by atoms with Gasteiger partial charge in [0.1, 0.15) is 5.82 Å². The summed E-state index contributed by atoms with van der Waals surface area (Å²) in [5, 5.41) is 10.3. The van der Waals surface area contributed by atoms with Crippen molar-refractivity contribution in [1.29, 1.82) is 0 Å². The predicted octanol–water partition coefficient (Wildman–Crippen LogP) is 4.39. The second-order valence-corrected chi connectivity index (χ2v) is 4.92. The van der Waals surface area contributed by atoms with Gasteiger partial charge in [-0.15, -0.1) is 0 Å². The molecule has 0 radical (unpaired) electrons. The van der Waals surface area contributed by atoms with Gasteiger partial charge < -0.3 is 5.11 Å². The van der Waals surface area contributed by atoms with Crippen molar-refractivity contribution in [3.05, 3.63) is 35.6 Å². The van der Waals surface area contributed by atoms with Crippen LogP contribution in [0.4, 0.5) is 4.39 Å². The van der Waals surface area contributed by atoms with E-state index in [0.717, 1.165) is 12.8 Å². The monoisotopic (exact) mass is 238 g/mol. The van der Waals surface area contributed by atoms with Gasteiger partial charge in [0.15, 0.2) is 0 Å². The third kappa shape index (κ3) is 4.47. The Kier molecular flexibility index (Phi) is 5.63. The van der Waals surface area contributed by atoms with Crippen LogP contribution in [0.2, 0.25) is 0 Å². The molecule has 1 unspecified atom stereocenters. The van der Waals surface area contributed by atoms with E-state index in [-0.39, 0.29) is 5.82 Å². The van der Waals surface area contributed by atoms with Crippen LogP contribution in [0.5, 0.6) is 0 Å². The highest BCUT2D eigenvalue weighted by molar-refractivity contribution is 5.23. The number of hydrogen-bond acceptors (Lipinski definition) is 1. The Hall–Kier alpha value is -0.890. The molecule has 0 heterocycles. The Bertz CT molecular complexity index is 333. The molecule has 1 atom stereocenters. The van der Waals surface area contributed by atoms with Crippen LogP contribution in [-0.4, -0.2) is 5.11 Å². The molecule has 0 spiro atoms. The van der Waals surface area contributed by atoms with Crippen LogP contribution in [0.15, 0.2) is 24.3 Å². The highest BCUT2D eigenvalue weighted by atomic mass is 19.1. The van der Waals surface area contributed by atoms with Gasteiger partial charge in [-0.2, -0.15) is 0 Å². The van der Waals surface area contributed by atoms with E-state index < -0.39 is 5.60 Å². The van der Waals surface area contributed by atoms with Crippen LogP contribution in [-0.2, 0) is 5.60 Å². The molecule has 0 aliphatic rings. The molecule has 0 saturated carbocycles. The summed E-state index contributed by atoms with van der Waals surface area (Å²) >= 11 is 0. The van der Waals surface area contributed by atoms with Crippen molar-refractivity contribution in [2.45, 2.75) is 58.0 Å². The molecule has 1 aromatic carbocycles. The SMILES string of the molecule is CCCCCCCC(C)(O)c1ccccc1F. The molecule has 1 aromatic rings. The van der Waals surface area contributed by atoms with E-state index in [1.165, 1.54) is 25.3 Å². The lowest BCUT2D eigenvalue weighted by atomic mass is 9.89. The minimum Gasteiger partial charge on any atom is -0.385 e. The van der Waals surface area contributed by atoms with E-state index in [1.807, 2.05) is 0 Å². The zero-order valence-electron chi connectivity index (χ0n) is 10.9. The number of benzene rings is 1. The molecule has 0 aliphatic heterocycles. The quantitative estimate of drug-likeness (QED) is 0.698. The predicted molar refractivity (Wildman–Crippen MR) is 69.3 cm³/mol. The van der Waals surface area contributed by atoms with E-state index >= 15 is 0 Å². The maximum Gasteiger partial charge on any atom is 0.129 e. The minimum atomic E-state index is -1.04. The van der Waals surface area contributed by atoms with E-state index in [0.29, 0.717) is 12.0 Å². The highest BCUT2D eigenvalue weighted by Crippen LogP contribution is 2.28. The fourth-order valence-corrected chi connectivity index (χ4v) is 2.11. The van der Waals surface area contributed by atoms with Crippen molar-refractivity contribution >= 4 is 0 Å². The maximum absolute atomic E-state index is 13.6. The van der Waals surface area contributed by atoms with Gasteiger partial charge in [-0.25, -0.2) is 4.39 Å². The van der Waals surface area contributed by atoms with Crippen LogP contribution in [0.3, 0.4) is 0 Å². The van der Waals surface area contributed by atoms with Crippen molar-refractivity contribution in [3.8, 4) is 0 Å². The molecule has 1 N–H and O–H groups in total. The zero-order valence-corrected chi connectivity index (χ0v) is 10.9. The summed E-state index contributed by atoms with van der Waals surface area (Å²) in [5.41, 5.74) is -0.632. The summed E-state index contributed by atoms with van der Waals surface area (Å²) in [6, 6.07) is 6.49. The zero-order chi connectivity index (χ0) is 12.7. The first kappa shape index (κ1) is 14.2. The Labute approximate surface area is 104 Å². The van der Waals surface area contributed by atoms with Gasteiger partial charge in [0.25, 0.3) is 0 Å². The lowest BCUT2D eigenvalue weighted by molar-refractivity contribution is 0.0412. The van der Waals surface area contributed by atoms with Crippen molar-refractivity contribution in [3.63, 3.8) is 0 Å². The molecular formula is C15H23FO. The number of aliphatic hydroxyl groups is 1. The molecule has 1 nitrogen and oxygen atoms in total. The van der Waals surface area contributed by atoms with Gasteiger partial charge >= 0.3 is 0 Å². The normalized spacial score (nSPS) is 14.6. The molecule has 0 amide bonds. The summed E-state index contributed by atoms with van der Waals surface area (Å²) in [6.45, 7) is 3.88. The van der Waals surface area contributed by atoms with E-state index in [2.05, 4.69) is 6.92 Å². The van der Waals surface area contributed by atoms with Crippen molar-refractivity contribution in [1.82, 2.24) is 0 Å². The van der Waals surface area contributed by atoms with Gasteiger partial charge in [-0.1, -0.05) is 57.2 Å². The van der Waals surface area contributed by atoms with Crippen LogP contribution in [0.25, 0.3) is 0 Å². The van der Waals surface area contributed by atoms with E-state index in [9.17, 15) is 9.50 Å². The molecule has 0 saturated heterocycles. The van der Waals surface area contributed by atoms with E-state index in [1.54, 1.807) is 25.1 Å². The summed E-state index contributed by atoms with van der Waals surface area (Å²) in [7, 11) is 0. The van der Waals surface area contributed by atoms with Gasteiger partial charge in [-0.3, -0.25) is 0 Å². The van der Waals surface area contributed by atoms with Crippen LogP contribution in [0.1, 0.15) is 57.9 Å². The molecule has 0 aliphatic carbocycles. The van der Waals surface area contributed by atoms with Crippen molar-refractivity contribution in [2.24, 2.45) is 0 Å². The molecule has 0 fully saturated rings. The van der Waals surface area contributed by atoms with Crippen molar-refractivity contribution in [2.75, 3.05) is 0 Å². The third-order valence-electron chi connectivity index (χ3n) is 3.22. The molecule has 2 heteroatoms. The van der Waals surface area contributed by atoms with Gasteiger partial charge in [0.05, 0.1) is 5.60 Å². The second kappa shape index (κ2) is 6.75. The van der Waals surface area contributed by atoms with Crippen molar-refractivity contribution < 1.29 is 9.50 Å². The van der Waals surface area contributed by atoms with Crippen LogP contribution < -0.4 is 0 Å². The summed E-state index contributed by atoms with van der Waals surface area (Å²) in [6.07, 6.45) is 6.33. The van der Waals surface area contributed by atoms with Crippen LogP contribution in [0, 0.1) is 5.82 Å². The molecular weight excluding hydrogens is 215 g/mol. The summed E-state index contributed by atoms with van der Waals surface area (Å²) in [4.78, 5) is 0. The first-order valence-electron chi connectivity index (χ1n) is 6.55. The molecule has 0 bridgehead atoms. The third-order valence-corrected chi connectivity index (χ3v) is 3.22. The number of rotatable bonds is 7.